The summed E-state index contributed by atoms with van der Waals surface area (Å²) in [6, 6.07) is 2.01. The number of imidazole rings is 1. The highest BCUT2D eigenvalue weighted by molar-refractivity contribution is 7.07. The van der Waals surface area contributed by atoms with Crippen LogP contribution in [0.5, 0.6) is 0 Å². The Bertz CT molecular complexity index is 594. The largest absolute Gasteiger partial charge is 0.384 e. The predicted octanol–water partition coefficient (Wildman–Crippen LogP) is 1.79. The highest BCUT2D eigenvalue weighted by atomic mass is 32.1. The minimum atomic E-state index is 0.171. The van der Waals surface area contributed by atoms with E-state index in [0.29, 0.717) is 25.5 Å². The van der Waals surface area contributed by atoms with Crippen molar-refractivity contribution in [2.24, 2.45) is 5.92 Å². The topological polar surface area (TPSA) is 47.4 Å². The van der Waals surface area contributed by atoms with E-state index < -0.39 is 0 Å². The molecule has 0 saturated carbocycles. The lowest BCUT2D eigenvalue weighted by Crippen LogP contribution is -2.36. The highest BCUT2D eigenvalue weighted by Gasteiger charge is 2.25. The van der Waals surface area contributed by atoms with Crippen LogP contribution < -0.4 is 0 Å². The van der Waals surface area contributed by atoms with Gasteiger partial charge in [-0.2, -0.15) is 11.3 Å². The van der Waals surface area contributed by atoms with Gasteiger partial charge in [-0.3, -0.25) is 4.79 Å². The second-order valence-electron chi connectivity index (χ2n) is 5.44. The molecule has 1 aliphatic heterocycles. The number of fused-ring (bicyclic) bond motifs is 1. The van der Waals surface area contributed by atoms with Crippen LogP contribution in [0.1, 0.15) is 11.3 Å². The molecule has 21 heavy (non-hydrogen) atoms. The average Bonchev–Trinajstić information content (AvgIpc) is 3.08. The Labute approximate surface area is 128 Å². The third-order valence-corrected chi connectivity index (χ3v) is 4.51. The van der Waals surface area contributed by atoms with Gasteiger partial charge in [0.2, 0.25) is 5.91 Å². The minimum absolute atomic E-state index is 0.171. The lowest BCUT2D eigenvalue weighted by atomic mass is 10.1. The van der Waals surface area contributed by atoms with E-state index in [-0.39, 0.29) is 5.91 Å². The summed E-state index contributed by atoms with van der Waals surface area (Å²) in [6.45, 7) is 2.87. The number of amides is 1. The Morgan fingerprint density at radius 3 is 3.19 bits per heavy atom. The van der Waals surface area contributed by atoms with E-state index in [4.69, 9.17) is 4.74 Å². The van der Waals surface area contributed by atoms with Crippen molar-refractivity contribution in [3.63, 3.8) is 0 Å². The third-order valence-electron chi connectivity index (χ3n) is 3.78. The van der Waals surface area contributed by atoms with Crippen molar-refractivity contribution in [2.75, 3.05) is 20.3 Å². The monoisotopic (exact) mass is 305 g/mol. The fraction of sp³-hybridized carbons (Fsp3) is 0.467. The van der Waals surface area contributed by atoms with Gasteiger partial charge < -0.3 is 14.2 Å². The molecule has 0 spiro atoms. The van der Waals surface area contributed by atoms with Crippen molar-refractivity contribution < 1.29 is 9.53 Å². The molecule has 2 aromatic rings. The zero-order valence-electron chi connectivity index (χ0n) is 12.1. The number of rotatable bonds is 4. The lowest BCUT2D eigenvalue weighted by Gasteiger charge is -2.23. The van der Waals surface area contributed by atoms with Gasteiger partial charge >= 0.3 is 0 Å². The van der Waals surface area contributed by atoms with E-state index in [1.165, 1.54) is 0 Å². The average molecular weight is 305 g/mol. The molecule has 1 amide bonds. The number of carbonyl (C=O) groups excluding carboxylic acids is 1. The Hall–Kier alpha value is -1.66. The van der Waals surface area contributed by atoms with E-state index in [1.807, 2.05) is 34.3 Å². The zero-order chi connectivity index (χ0) is 14.7. The van der Waals surface area contributed by atoms with Crippen molar-refractivity contribution >= 4 is 17.2 Å². The van der Waals surface area contributed by atoms with Gasteiger partial charge in [0.15, 0.2) is 0 Å². The summed E-state index contributed by atoms with van der Waals surface area (Å²) in [7, 11) is 1.71. The first-order valence-electron chi connectivity index (χ1n) is 7.03. The summed E-state index contributed by atoms with van der Waals surface area (Å²) < 4.78 is 7.42. The Morgan fingerprint density at radius 2 is 2.43 bits per heavy atom. The van der Waals surface area contributed by atoms with E-state index >= 15 is 0 Å². The second kappa shape index (κ2) is 6.41. The maximum atomic E-state index is 12.6. The van der Waals surface area contributed by atoms with Crippen molar-refractivity contribution in [1.82, 2.24) is 14.5 Å². The third kappa shape index (κ3) is 3.33. The Balaban J connectivity index is 1.75. The molecule has 112 valence electrons. The molecule has 5 nitrogen and oxygen atoms in total. The Morgan fingerprint density at radius 1 is 1.52 bits per heavy atom. The maximum absolute atomic E-state index is 12.6. The van der Waals surface area contributed by atoms with Crippen LogP contribution in [0.4, 0.5) is 0 Å². The van der Waals surface area contributed by atoms with Gasteiger partial charge in [0.1, 0.15) is 0 Å². The molecule has 0 radical (unpaired) electrons. The van der Waals surface area contributed by atoms with E-state index in [9.17, 15) is 4.79 Å². The number of carbonyl (C=O) groups is 1. The number of thiophene rings is 1. The molecule has 3 rings (SSSR count). The molecule has 0 bridgehead atoms. The molecule has 0 aliphatic carbocycles. The molecular weight excluding hydrogens is 286 g/mol. The van der Waals surface area contributed by atoms with Gasteiger partial charge in [-0.1, -0.05) is 0 Å². The Kier molecular flexibility index (Phi) is 4.36. The maximum Gasteiger partial charge on any atom is 0.227 e. The van der Waals surface area contributed by atoms with E-state index in [2.05, 4.69) is 9.55 Å². The number of hydrogen-bond acceptors (Lipinski definition) is 4. The lowest BCUT2D eigenvalue weighted by molar-refractivity contribution is -0.131. The van der Waals surface area contributed by atoms with E-state index in [0.717, 1.165) is 24.3 Å². The fourth-order valence-corrected chi connectivity index (χ4v) is 3.43. The van der Waals surface area contributed by atoms with Crippen LogP contribution in [0.25, 0.3) is 0 Å². The van der Waals surface area contributed by atoms with Crippen molar-refractivity contribution in [2.45, 2.75) is 19.5 Å². The first-order chi connectivity index (χ1) is 10.3. The first-order valence-corrected chi connectivity index (χ1v) is 7.97. The number of hydrogen-bond donors (Lipinski definition) is 0. The number of nitrogens with zero attached hydrogens (tertiary/aromatic N) is 3. The van der Waals surface area contributed by atoms with Crippen LogP contribution in [0.2, 0.25) is 0 Å². The van der Waals surface area contributed by atoms with Gasteiger partial charge in [-0.15, -0.1) is 0 Å². The van der Waals surface area contributed by atoms with Crippen LogP contribution in [0, 0.1) is 5.92 Å². The van der Waals surface area contributed by atoms with Gasteiger partial charge in [-0.05, 0) is 22.4 Å². The summed E-state index contributed by atoms with van der Waals surface area (Å²) in [6.07, 6.45) is 4.15. The molecule has 0 saturated heterocycles. The van der Waals surface area contributed by atoms with Crippen LogP contribution >= 0.6 is 11.3 Å². The number of ether oxygens (including phenoxy) is 1. The molecule has 0 unspecified atom stereocenters. The zero-order valence-corrected chi connectivity index (χ0v) is 12.9. The molecule has 3 heterocycles. The van der Waals surface area contributed by atoms with Crippen LogP contribution in [-0.4, -0.2) is 40.6 Å². The molecule has 2 aromatic heterocycles. The van der Waals surface area contributed by atoms with Gasteiger partial charge in [-0.25, -0.2) is 4.98 Å². The van der Waals surface area contributed by atoms with Gasteiger partial charge in [0, 0.05) is 32.3 Å². The first kappa shape index (κ1) is 14.3. The standard InChI is InChI=1S/C15H19N3O2S/c1-20-9-13-6-17(8-14-5-16-11-18(14)7-13)15(19)4-12-2-3-21-10-12/h2-3,5,10-11,13H,4,6-9H2,1H3/t13-/m0/s1. The summed E-state index contributed by atoms with van der Waals surface area (Å²) in [5.41, 5.74) is 2.18. The molecule has 0 aromatic carbocycles. The highest BCUT2D eigenvalue weighted by Crippen LogP contribution is 2.18. The van der Waals surface area contributed by atoms with Crippen LogP contribution in [0.15, 0.2) is 29.4 Å². The molecular formula is C15H19N3O2S. The molecule has 0 fully saturated rings. The van der Waals surface area contributed by atoms with Crippen molar-refractivity contribution in [3.8, 4) is 0 Å². The predicted molar refractivity (Wildman–Crippen MR) is 81.0 cm³/mol. The van der Waals surface area contributed by atoms with Crippen molar-refractivity contribution in [3.05, 3.63) is 40.6 Å². The normalized spacial score (nSPS) is 18.3. The summed E-state index contributed by atoms with van der Waals surface area (Å²) in [4.78, 5) is 18.7. The fourth-order valence-electron chi connectivity index (χ4n) is 2.76. The molecule has 6 heteroatoms. The quantitative estimate of drug-likeness (QED) is 0.865. The summed E-state index contributed by atoms with van der Waals surface area (Å²) in [5, 5.41) is 4.04. The summed E-state index contributed by atoms with van der Waals surface area (Å²) >= 11 is 1.63. The second-order valence-corrected chi connectivity index (χ2v) is 6.22. The number of aromatic nitrogens is 2. The SMILES string of the molecule is COC[C@H]1CN(C(=O)Cc2ccsc2)Cc2cncn2C1. The molecule has 1 aliphatic rings. The van der Waals surface area contributed by atoms with Crippen LogP contribution in [0.3, 0.4) is 0 Å². The molecule has 1 atom stereocenters. The number of methoxy groups -OCH3 is 1. The smallest absolute Gasteiger partial charge is 0.227 e. The van der Waals surface area contributed by atoms with Crippen LogP contribution in [-0.2, 0) is 29.0 Å². The van der Waals surface area contributed by atoms with Gasteiger partial charge in [0.05, 0.1) is 31.6 Å². The van der Waals surface area contributed by atoms with Gasteiger partial charge in [0.25, 0.3) is 0 Å². The van der Waals surface area contributed by atoms with E-state index in [1.54, 1.807) is 18.4 Å². The minimum Gasteiger partial charge on any atom is -0.384 e. The molecule has 0 N–H and O–H groups in total. The summed E-state index contributed by atoms with van der Waals surface area (Å²) in [5.74, 6) is 0.473. The van der Waals surface area contributed by atoms with Crippen molar-refractivity contribution in [1.29, 1.82) is 0 Å².